The molecular formula is C8H16O2. The van der Waals surface area contributed by atoms with Gasteiger partial charge in [0.1, 0.15) is 0 Å². The molecule has 10 heavy (non-hydrogen) atoms. The highest BCUT2D eigenvalue weighted by Crippen LogP contribution is 2.25. The Hall–Kier alpha value is -0.0800. The summed E-state index contributed by atoms with van der Waals surface area (Å²) in [5.74, 6) is 0. The first-order chi connectivity index (χ1) is 4.95. The minimum absolute atomic E-state index is 0.161. The van der Waals surface area contributed by atoms with Crippen LogP contribution in [0.2, 0.25) is 0 Å². The maximum atomic E-state index is 5.38. The fourth-order valence-corrected chi connectivity index (χ4v) is 1.32. The first-order valence-corrected chi connectivity index (χ1v) is 4.22. The largest absolute Gasteiger partial charge is 0.350 e. The molecule has 2 aliphatic heterocycles. The van der Waals surface area contributed by atoms with Gasteiger partial charge in [-0.25, -0.2) is 0 Å². The van der Waals surface area contributed by atoms with E-state index in [-0.39, 0.29) is 6.29 Å². The number of fused-ring (bicyclic) bond motifs is 2. The molecule has 2 rings (SSSR count). The van der Waals surface area contributed by atoms with Gasteiger partial charge in [0.05, 0.1) is 12.7 Å². The monoisotopic (exact) mass is 144 g/mol. The Bertz CT molecular complexity index is 79.3. The molecule has 60 valence electrons. The summed E-state index contributed by atoms with van der Waals surface area (Å²) < 4.78 is 10.6. The molecular weight excluding hydrogens is 128 g/mol. The van der Waals surface area contributed by atoms with Gasteiger partial charge in [-0.15, -0.1) is 0 Å². The molecule has 0 N–H and O–H groups in total. The number of ether oxygens (including phenoxy) is 2. The molecule has 2 saturated heterocycles. The molecule has 0 aromatic carbocycles. The van der Waals surface area contributed by atoms with Crippen molar-refractivity contribution in [2.24, 2.45) is 0 Å². The van der Waals surface area contributed by atoms with Crippen molar-refractivity contribution in [1.29, 1.82) is 0 Å². The van der Waals surface area contributed by atoms with E-state index in [1.165, 1.54) is 12.8 Å². The Labute approximate surface area is 62.5 Å². The molecule has 2 fully saturated rings. The van der Waals surface area contributed by atoms with Crippen molar-refractivity contribution in [2.45, 2.75) is 45.5 Å². The maximum absolute atomic E-state index is 5.38. The summed E-state index contributed by atoms with van der Waals surface area (Å²) >= 11 is 0. The quantitative estimate of drug-likeness (QED) is 0.517. The van der Waals surface area contributed by atoms with Crippen LogP contribution in [-0.4, -0.2) is 19.0 Å². The van der Waals surface area contributed by atoms with E-state index in [1.807, 2.05) is 13.8 Å². The second-order valence-electron chi connectivity index (χ2n) is 2.45. The Morgan fingerprint density at radius 2 is 2.00 bits per heavy atom. The number of hydrogen-bond donors (Lipinski definition) is 0. The van der Waals surface area contributed by atoms with Crippen LogP contribution < -0.4 is 0 Å². The fraction of sp³-hybridized carbons (Fsp3) is 1.00. The van der Waals surface area contributed by atoms with Crippen LogP contribution in [0.3, 0.4) is 0 Å². The van der Waals surface area contributed by atoms with E-state index in [1.54, 1.807) is 0 Å². The van der Waals surface area contributed by atoms with E-state index >= 15 is 0 Å². The standard InChI is InChI=1S/C6H10O2.C2H6/c1-2-5-4-7-6(3-1)8-5;1-2/h5-6H,1-4H2;1-2H3. The molecule has 0 aliphatic carbocycles. The van der Waals surface area contributed by atoms with Crippen LogP contribution in [0.4, 0.5) is 0 Å². The summed E-state index contributed by atoms with van der Waals surface area (Å²) in [5, 5.41) is 0. The van der Waals surface area contributed by atoms with Crippen LogP contribution in [0.5, 0.6) is 0 Å². The molecule has 0 radical (unpaired) electrons. The van der Waals surface area contributed by atoms with Crippen LogP contribution >= 0.6 is 0 Å². The van der Waals surface area contributed by atoms with Gasteiger partial charge in [-0.1, -0.05) is 13.8 Å². The van der Waals surface area contributed by atoms with E-state index in [9.17, 15) is 0 Å². The van der Waals surface area contributed by atoms with Crippen molar-refractivity contribution in [1.82, 2.24) is 0 Å². The molecule has 2 heteroatoms. The van der Waals surface area contributed by atoms with Crippen molar-refractivity contribution in [3.8, 4) is 0 Å². The SMILES string of the molecule is C1CC2COC(C1)O2.CC. The molecule has 0 saturated carbocycles. The van der Waals surface area contributed by atoms with Crippen LogP contribution in [0.1, 0.15) is 33.1 Å². The van der Waals surface area contributed by atoms with Crippen molar-refractivity contribution in [2.75, 3.05) is 6.61 Å². The third-order valence-corrected chi connectivity index (χ3v) is 1.78. The lowest BCUT2D eigenvalue weighted by molar-refractivity contribution is -0.0815. The zero-order valence-electron chi connectivity index (χ0n) is 6.80. The summed E-state index contributed by atoms with van der Waals surface area (Å²) in [6, 6.07) is 0. The van der Waals surface area contributed by atoms with Gasteiger partial charge in [0.2, 0.25) is 0 Å². The smallest absolute Gasteiger partial charge is 0.158 e. The average molecular weight is 144 g/mol. The van der Waals surface area contributed by atoms with Crippen LogP contribution in [0.25, 0.3) is 0 Å². The van der Waals surface area contributed by atoms with Gasteiger partial charge in [0, 0.05) is 0 Å². The summed E-state index contributed by atoms with van der Waals surface area (Å²) in [6.07, 6.45) is 4.20. The van der Waals surface area contributed by atoms with Crippen LogP contribution in [0, 0.1) is 0 Å². The zero-order valence-corrected chi connectivity index (χ0v) is 6.80. The highest BCUT2D eigenvalue weighted by molar-refractivity contribution is 4.71. The van der Waals surface area contributed by atoms with E-state index < -0.39 is 0 Å². The lowest BCUT2D eigenvalue weighted by atomic mass is 10.1. The van der Waals surface area contributed by atoms with Gasteiger partial charge < -0.3 is 9.47 Å². The second kappa shape index (κ2) is 3.94. The van der Waals surface area contributed by atoms with Crippen molar-refractivity contribution in [3.63, 3.8) is 0 Å². The van der Waals surface area contributed by atoms with Gasteiger partial charge in [0.15, 0.2) is 6.29 Å². The van der Waals surface area contributed by atoms with E-state index in [2.05, 4.69) is 0 Å². The average Bonchev–Trinajstić information content (AvgIpc) is 2.35. The van der Waals surface area contributed by atoms with Crippen molar-refractivity contribution in [3.05, 3.63) is 0 Å². The maximum Gasteiger partial charge on any atom is 0.158 e. The topological polar surface area (TPSA) is 18.5 Å². The summed E-state index contributed by atoms with van der Waals surface area (Å²) in [5.41, 5.74) is 0. The first kappa shape index (κ1) is 8.02. The normalized spacial score (nSPS) is 36.6. The predicted molar refractivity (Wildman–Crippen MR) is 39.8 cm³/mol. The lowest BCUT2D eigenvalue weighted by Gasteiger charge is -2.16. The van der Waals surface area contributed by atoms with Crippen LogP contribution in [-0.2, 0) is 9.47 Å². The van der Waals surface area contributed by atoms with Gasteiger partial charge in [-0.05, 0) is 19.3 Å². The van der Waals surface area contributed by atoms with Gasteiger partial charge in [-0.3, -0.25) is 0 Å². The third-order valence-electron chi connectivity index (χ3n) is 1.78. The Balaban J connectivity index is 0.000000231. The highest BCUT2D eigenvalue weighted by Gasteiger charge is 2.29. The highest BCUT2D eigenvalue weighted by atomic mass is 16.7. The van der Waals surface area contributed by atoms with E-state index in [0.29, 0.717) is 6.10 Å². The minimum Gasteiger partial charge on any atom is -0.350 e. The van der Waals surface area contributed by atoms with E-state index in [0.717, 1.165) is 13.0 Å². The van der Waals surface area contributed by atoms with Crippen molar-refractivity contribution >= 4 is 0 Å². The lowest BCUT2D eigenvalue weighted by Crippen LogP contribution is -2.17. The van der Waals surface area contributed by atoms with Crippen molar-refractivity contribution < 1.29 is 9.47 Å². The fourth-order valence-electron chi connectivity index (χ4n) is 1.32. The number of rotatable bonds is 0. The van der Waals surface area contributed by atoms with Gasteiger partial charge in [-0.2, -0.15) is 0 Å². The molecule has 0 amide bonds. The molecule has 2 atom stereocenters. The summed E-state index contributed by atoms with van der Waals surface area (Å²) in [7, 11) is 0. The first-order valence-electron chi connectivity index (χ1n) is 4.22. The third kappa shape index (κ3) is 1.70. The van der Waals surface area contributed by atoms with Crippen LogP contribution in [0.15, 0.2) is 0 Å². The minimum atomic E-state index is 0.161. The molecule has 2 heterocycles. The zero-order chi connectivity index (χ0) is 7.40. The predicted octanol–water partition coefficient (Wildman–Crippen LogP) is 1.94. The second-order valence-corrected chi connectivity index (χ2v) is 2.45. The molecule has 2 unspecified atom stereocenters. The molecule has 0 aromatic rings. The molecule has 2 bridgehead atoms. The van der Waals surface area contributed by atoms with Gasteiger partial charge in [0.25, 0.3) is 0 Å². The Kier molecular flexibility index (Phi) is 3.16. The molecule has 2 nitrogen and oxygen atoms in total. The Morgan fingerprint density at radius 1 is 1.20 bits per heavy atom. The summed E-state index contributed by atoms with van der Waals surface area (Å²) in [4.78, 5) is 0. The summed E-state index contributed by atoms with van der Waals surface area (Å²) in [6.45, 7) is 4.84. The molecule has 0 aromatic heterocycles. The molecule has 2 aliphatic rings. The number of hydrogen-bond acceptors (Lipinski definition) is 2. The van der Waals surface area contributed by atoms with Gasteiger partial charge >= 0.3 is 0 Å². The molecule has 0 spiro atoms. The Morgan fingerprint density at radius 3 is 2.60 bits per heavy atom. The van der Waals surface area contributed by atoms with E-state index in [4.69, 9.17) is 9.47 Å².